The Morgan fingerprint density at radius 1 is 1.39 bits per heavy atom. The van der Waals surface area contributed by atoms with Gasteiger partial charge in [0.1, 0.15) is 0 Å². The third kappa shape index (κ3) is 3.56. The van der Waals surface area contributed by atoms with E-state index in [1.807, 2.05) is 12.1 Å². The maximum atomic E-state index is 12.0. The summed E-state index contributed by atoms with van der Waals surface area (Å²) in [5.41, 5.74) is 5.65. The minimum absolute atomic E-state index is 0.222. The number of carbonyl (C=O) groups is 1. The van der Waals surface area contributed by atoms with Gasteiger partial charge in [0, 0.05) is 19.0 Å². The fourth-order valence-electron chi connectivity index (χ4n) is 2.61. The summed E-state index contributed by atoms with van der Waals surface area (Å²) >= 11 is 1.39. The van der Waals surface area contributed by atoms with Crippen LogP contribution in [0.25, 0.3) is 0 Å². The van der Waals surface area contributed by atoms with Crippen molar-refractivity contribution in [2.45, 2.75) is 44.6 Å². The van der Waals surface area contributed by atoms with Crippen LogP contribution in [-0.2, 0) is 0 Å². The number of Topliss-reactive ketones (excluding diaryl/α,β-unsaturated/α-hetero) is 1. The minimum atomic E-state index is 0.222. The molecular weight excluding hydrogens is 244 g/mol. The summed E-state index contributed by atoms with van der Waals surface area (Å²) < 4.78 is 0. The van der Waals surface area contributed by atoms with E-state index in [0.29, 0.717) is 12.5 Å². The Balaban J connectivity index is 1.78. The summed E-state index contributed by atoms with van der Waals surface area (Å²) in [6.45, 7) is 0.862. The molecule has 0 unspecified atom stereocenters. The van der Waals surface area contributed by atoms with Gasteiger partial charge in [0.25, 0.3) is 0 Å². The standard InChI is InChI=1S/C14H22N2OS/c1-16(11-5-3-2-4-6-11)10-9-12(17)13-7-8-14(15)18-13/h7-8,11H,2-6,9-10,15H2,1H3. The molecule has 0 amide bonds. The smallest absolute Gasteiger partial charge is 0.174 e. The lowest BCUT2D eigenvalue weighted by molar-refractivity contribution is 0.0956. The molecule has 1 aliphatic carbocycles. The van der Waals surface area contributed by atoms with Crippen molar-refractivity contribution in [1.29, 1.82) is 0 Å². The number of hydrogen-bond donors (Lipinski definition) is 1. The second-order valence-electron chi connectivity index (χ2n) is 5.15. The molecule has 18 heavy (non-hydrogen) atoms. The Bertz CT molecular complexity index is 396. The average Bonchev–Trinajstić information content (AvgIpc) is 2.83. The molecule has 1 heterocycles. The lowest BCUT2D eigenvalue weighted by Crippen LogP contribution is -2.34. The van der Waals surface area contributed by atoms with E-state index < -0.39 is 0 Å². The molecule has 3 nitrogen and oxygen atoms in total. The van der Waals surface area contributed by atoms with Gasteiger partial charge in [0.2, 0.25) is 0 Å². The second kappa shape index (κ2) is 6.34. The van der Waals surface area contributed by atoms with Crippen molar-refractivity contribution < 1.29 is 4.79 Å². The molecule has 2 rings (SSSR count). The second-order valence-corrected chi connectivity index (χ2v) is 6.26. The quantitative estimate of drug-likeness (QED) is 0.833. The lowest BCUT2D eigenvalue weighted by Gasteiger charge is -2.30. The van der Waals surface area contributed by atoms with E-state index in [9.17, 15) is 4.79 Å². The summed E-state index contributed by atoms with van der Waals surface area (Å²) in [5, 5.41) is 0.721. The van der Waals surface area contributed by atoms with Gasteiger partial charge in [-0.1, -0.05) is 19.3 Å². The molecule has 1 aromatic rings. The first-order valence-electron chi connectivity index (χ1n) is 6.75. The zero-order valence-corrected chi connectivity index (χ0v) is 11.8. The van der Waals surface area contributed by atoms with Crippen LogP contribution < -0.4 is 5.73 Å². The third-order valence-corrected chi connectivity index (χ3v) is 4.75. The van der Waals surface area contributed by atoms with Gasteiger partial charge >= 0.3 is 0 Å². The Hall–Kier alpha value is -0.870. The zero-order valence-electron chi connectivity index (χ0n) is 11.0. The summed E-state index contributed by atoms with van der Waals surface area (Å²) in [5.74, 6) is 0.222. The molecule has 1 aromatic heterocycles. The van der Waals surface area contributed by atoms with Crippen LogP contribution in [0.3, 0.4) is 0 Å². The Kier molecular flexibility index (Phi) is 4.78. The maximum Gasteiger partial charge on any atom is 0.174 e. The monoisotopic (exact) mass is 266 g/mol. The first kappa shape index (κ1) is 13.6. The number of anilines is 1. The minimum Gasteiger partial charge on any atom is -0.391 e. The van der Waals surface area contributed by atoms with Crippen LogP contribution in [0.5, 0.6) is 0 Å². The zero-order chi connectivity index (χ0) is 13.0. The van der Waals surface area contributed by atoms with Crippen LogP contribution in [-0.4, -0.2) is 30.3 Å². The summed E-state index contributed by atoms with van der Waals surface area (Å²) in [4.78, 5) is 15.1. The Morgan fingerprint density at radius 3 is 2.72 bits per heavy atom. The molecule has 2 N–H and O–H groups in total. The number of hydrogen-bond acceptors (Lipinski definition) is 4. The molecule has 0 saturated heterocycles. The normalized spacial score (nSPS) is 17.2. The Morgan fingerprint density at radius 2 is 2.11 bits per heavy atom. The molecule has 0 aromatic carbocycles. The van der Waals surface area contributed by atoms with Gasteiger partial charge in [-0.3, -0.25) is 4.79 Å². The van der Waals surface area contributed by atoms with Crippen LogP contribution in [0.2, 0.25) is 0 Å². The molecule has 0 spiro atoms. The van der Waals surface area contributed by atoms with Crippen molar-refractivity contribution in [3.63, 3.8) is 0 Å². The van der Waals surface area contributed by atoms with Crippen molar-refractivity contribution in [3.8, 4) is 0 Å². The highest BCUT2D eigenvalue weighted by molar-refractivity contribution is 7.17. The highest BCUT2D eigenvalue weighted by Crippen LogP contribution is 2.23. The number of carbonyl (C=O) groups excluding carboxylic acids is 1. The summed E-state index contributed by atoms with van der Waals surface area (Å²) in [6.07, 6.45) is 7.23. The predicted octanol–water partition coefficient (Wildman–Crippen LogP) is 3.17. The molecule has 100 valence electrons. The van der Waals surface area contributed by atoms with Gasteiger partial charge in [-0.05, 0) is 32.0 Å². The van der Waals surface area contributed by atoms with Crippen molar-refractivity contribution in [2.24, 2.45) is 0 Å². The molecule has 1 fully saturated rings. The maximum absolute atomic E-state index is 12.0. The Labute approximate surface area is 113 Å². The van der Waals surface area contributed by atoms with Crippen LogP contribution in [0.4, 0.5) is 5.00 Å². The first-order valence-corrected chi connectivity index (χ1v) is 7.57. The fourth-order valence-corrected chi connectivity index (χ4v) is 3.35. The van der Waals surface area contributed by atoms with Crippen molar-refractivity contribution in [1.82, 2.24) is 4.90 Å². The van der Waals surface area contributed by atoms with Crippen LogP contribution in [0, 0.1) is 0 Å². The molecule has 1 aliphatic rings. The number of nitrogens with zero attached hydrogens (tertiary/aromatic N) is 1. The van der Waals surface area contributed by atoms with E-state index in [4.69, 9.17) is 5.73 Å². The van der Waals surface area contributed by atoms with Crippen molar-refractivity contribution in [3.05, 3.63) is 17.0 Å². The molecule has 0 bridgehead atoms. The van der Waals surface area contributed by atoms with Crippen molar-refractivity contribution in [2.75, 3.05) is 19.3 Å². The van der Waals surface area contributed by atoms with E-state index in [-0.39, 0.29) is 5.78 Å². The predicted molar refractivity (Wildman–Crippen MR) is 77.2 cm³/mol. The third-order valence-electron chi connectivity index (χ3n) is 3.79. The highest BCUT2D eigenvalue weighted by Gasteiger charge is 2.18. The van der Waals surface area contributed by atoms with E-state index >= 15 is 0 Å². The van der Waals surface area contributed by atoms with E-state index in [0.717, 1.165) is 16.4 Å². The van der Waals surface area contributed by atoms with Gasteiger partial charge < -0.3 is 10.6 Å². The van der Waals surface area contributed by atoms with Gasteiger partial charge in [-0.25, -0.2) is 0 Å². The molecular formula is C14H22N2OS. The molecule has 0 atom stereocenters. The number of thiophene rings is 1. The summed E-state index contributed by atoms with van der Waals surface area (Å²) in [7, 11) is 2.14. The van der Waals surface area contributed by atoms with Gasteiger partial charge in [0.05, 0.1) is 9.88 Å². The number of nitrogens with two attached hydrogens (primary N) is 1. The fraction of sp³-hybridized carbons (Fsp3) is 0.643. The SMILES string of the molecule is CN(CCC(=O)c1ccc(N)s1)C1CCCCC1. The number of rotatable bonds is 5. The van der Waals surface area contributed by atoms with E-state index in [1.165, 1.54) is 43.4 Å². The molecule has 1 saturated carbocycles. The average molecular weight is 266 g/mol. The molecule has 0 radical (unpaired) electrons. The van der Waals surface area contributed by atoms with E-state index in [1.54, 1.807) is 0 Å². The molecule has 0 aliphatic heterocycles. The topological polar surface area (TPSA) is 46.3 Å². The van der Waals surface area contributed by atoms with Crippen LogP contribution in [0.15, 0.2) is 12.1 Å². The van der Waals surface area contributed by atoms with Gasteiger partial charge in [-0.15, -0.1) is 11.3 Å². The highest BCUT2D eigenvalue weighted by atomic mass is 32.1. The van der Waals surface area contributed by atoms with Gasteiger partial charge in [-0.2, -0.15) is 0 Å². The first-order chi connectivity index (χ1) is 8.66. The number of nitrogen functional groups attached to an aromatic ring is 1. The largest absolute Gasteiger partial charge is 0.391 e. The van der Waals surface area contributed by atoms with E-state index in [2.05, 4.69) is 11.9 Å². The van der Waals surface area contributed by atoms with Crippen LogP contribution >= 0.6 is 11.3 Å². The van der Waals surface area contributed by atoms with Crippen LogP contribution in [0.1, 0.15) is 48.2 Å². The van der Waals surface area contributed by atoms with Gasteiger partial charge in [0.15, 0.2) is 5.78 Å². The lowest BCUT2D eigenvalue weighted by atomic mass is 9.94. The molecule has 4 heteroatoms. The number of ketones is 1. The van der Waals surface area contributed by atoms with Crippen molar-refractivity contribution >= 4 is 22.1 Å². The summed E-state index contributed by atoms with van der Waals surface area (Å²) in [6, 6.07) is 4.33.